The SMILES string of the molecule is Cc1cccc(C(C)c2cn(S(=O)(=O)N(C)C)cn2)c1C. The Kier molecular flexibility index (Phi) is 4.20. The molecule has 1 aromatic heterocycles. The first-order valence-electron chi connectivity index (χ1n) is 6.78. The molecule has 0 saturated carbocycles. The zero-order valence-corrected chi connectivity index (χ0v) is 13.8. The van der Waals surface area contributed by atoms with Crippen LogP contribution in [0.2, 0.25) is 0 Å². The molecular weight excluding hydrogens is 286 g/mol. The fraction of sp³-hybridized carbons (Fsp3) is 0.400. The van der Waals surface area contributed by atoms with Gasteiger partial charge in [-0.3, -0.25) is 0 Å². The number of hydrogen-bond donors (Lipinski definition) is 0. The second-order valence-electron chi connectivity index (χ2n) is 5.43. The first-order chi connectivity index (χ1) is 9.75. The molecule has 0 aliphatic heterocycles. The van der Waals surface area contributed by atoms with Crippen molar-refractivity contribution < 1.29 is 8.42 Å². The van der Waals surface area contributed by atoms with Crippen molar-refractivity contribution in [2.75, 3.05) is 14.1 Å². The van der Waals surface area contributed by atoms with Gasteiger partial charge in [-0.15, -0.1) is 0 Å². The monoisotopic (exact) mass is 307 g/mol. The molecule has 1 unspecified atom stereocenters. The van der Waals surface area contributed by atoms with Crippen molar-refractivity contribution >= 4 is 10.2 Å². The quantitative estimate of drug-likeness (QED) is 0.871. The van der Waals surface area contributed by atoms with Gasteiger partial charge in [0.05, 0.1) is 5.69 Å². The average Bonchev–Trinajstić information content (AvgIpc) is 2.91. The van der Waals surface area contributed by atoms with E-state index in [1.165, 1.54) is 41.4 Å². The third-order valence-electron chi connectivity index (χ3n) is 3.86. The predicted octanol–water partition coefficient (Wildman–Crippen LogP) is 2.31. The topological polar surface area (TPSA) is 55.2 Å². The maximum Gasteiger partial charge on any atom is 0.308 e. The Morgan fingerprint density at radius 1 is 1.24 bits per heavy atom. The maximum absolute atomic E-state index is 12.1. The van der Waals surface area contributed by atoms with E-state index in [4.69, 9.17) is 0 Å². The van der Waals surface area contributed by atoms with E-state index in [9.17, 15) is 8.42 Å². The number of hydrogen-bond acceptors (Lipinski definition) is 3. The first kappa shape index (κ1) is 15.7. The van der Waals surface area contributed by atoms with E-state index in [-0.39, 0.29) is 5.92 Å². The molecular formula is C15H21N3O2S. The molecule has 1 aromatic carbocycles. The van der Waals surface area contributed by atoms with Gasteiger partial charge in [0.25, 0.3) is 0 Å². The Hall–Kier alpha value is -1.66. The molecule has 114 valence electrons. The summed E-state index contributed by atoms with van der Waals surface area (Å²) in [7, 11) is -0.496. The van der Waals surface area contributed by atoms with Gasteiger partial charge in [0, 0.05) is 26.2 Å². The summed E-state index contributed by atoms with van der Waals surface area (Å²) in [6, 6.07) is 6.15. The first-order valence-corrected chi connectivity index (χ1v) is 8.18. The lowest BCUT2D eigenvalue weighted by Crippen LogP contribution is -2.27. The largest absolute Gasteiger partial charge is 0.308 e. The Morgan fingerprint density at radius 2 is 1.90 bits per heavy atom. The number of aromatic nitrogens is 2. The zero-order chi connectivity index (χ0) is 15.8. The van der Waals surface area contributed by atoms with E-state index in [0.29, 0.717) is 0 Å². The molecule has 0 radical (unpaired) electrons. The fourth-order valence-corrected chi connectivity index (χ4v) is 3.05. The highest BCUT2D eigenvalue weighted by atomic mass is 32.2. The number of benzene rings is 1. The van der Waals surface area contributed by atoms with Crippen LogP contribution in [0, 0.1) is 13.8 Å². The van der Waals surface area contributed by atoms with Gasteiger partial charge in [-0.1, -0.05) is 25.1 Å². The van der Waals surface area contributed by atoms with Gasteiger partial charge in [0.1, 0.15) is 6.33 Å². The highest BCUT2D eigenvalue weighted by molar-refractivity contribution is 7.87. The van der Waals surface area contributed by atoms with E-state index in [1.54, 1.807) is 6.20 Å². The Balaban J connectivity index is 2.40. The Labute approximate surface area is 126 Å². The van der Waals surface area contributed by atoms with Crippen LogP contribution in [0.3, 0.4) is 0 Å². The van der Waals surface area contributed by atoms with Crippen molar-refractivity contribution in [3.63, 3.8) is 0 Å². The van der Waals surface area contributed by atoms with Crippen LogP contribution in [0.5, 0.6) is 0 Å². The van der Waals surface area contributed by atoms with Crippen LogP contribution < -0.4 is 0 Å². The number of imidazole rings is 1. The molecule has 0 fully saturated rings. The van der Waals surface area contributed by atoms with Crippen LogP contribution in [-0.4, -0.2) is 35.8 Å². The second-order valence-corrected chi connectivity index (χ2v) is 7.48. The van der Waals surface area contributed by atoms with Crippen molar-refractivity contribution in [2.24, 2.45) is 0 Å². The summed E-state index contributed by atoms with van der Waals surface area (Å²) in [6.07, 6.45) is 2.94. The lowest BCUT2D eigenvalue weighted by atomic mass is 9.92. The molecule has 6 heteroatoms. The predicted molar refractivity (Wildman–Crippen MR) is 83.7 cm³/mol. The van der Waals surface area contributed by atoms with Gasteiger partial charge in [0.2, 0.25) is 0 Å². The van der Waals surface area contributed by atoms with E-state index < -0.39 is 10.2 Å². The van der Waals surface area contributed by atoms with Crippen molar-refractivity contribution in [1.29, 1.82) is 0 Å². The van der Waals surface area contributed by atoms with Gasteiger partial charge >= 0.3 is 10.2 Å². The molecule has 0 spiro atoms. The van der Waals surface area contributed by atoms with E-state index in [1.807, 2.05) is 13.0 Å². The molecule has 5 nitrogen and oxygen atoms in total. The van der Waals surface area contributed by atoms with Crippen LogP contribution in [0.15, 0.2) is 30.7 Å². The van der Waals surface area contributed by atoms with Gasteiger partial charge in [-0.05, 0) is 30.5 Å². The standard InChI is InChI=1S/C15H21N3O2S/c1-11-7-6-8-14(12(11)2)13(3)15-9-18(10-16-15)21(19,20)17(4)5/h6-10,13H,1-5H3. The summed E-state index contributed by atoms with van der Waals surface area (Å²) < 4.78 is 26.5. The smallest absolute Gasteiger partial charge is 0.240 e. The minimum Gasteiger partial charge on any atom is -0.240 e. The van der Waals surface area contributed by atoms with Gasteiger partial charge in [-0.25, -0.2) is 8.96 Å². The summed E-state index contributed by atoms with van der Waals surface area (Å²) in [6.45, 7) is 6.19. The third-order valence-corrected chi connectivity index (χ3v) is 5.52. The summed E-state index contributed by atoms with van der Waals surface area (Å²) >= 11 is 0. The van der Waals surface area contributed by atoms with Crippen LogP contribution in [0.25, 0.3) is 0 Å². The van der Waals surface area contributed by atoms with Gasteiger partial charge in [0.15, 0.2) is 0 Å². The van der Waals surface area contributed by atoms with Crippen LogP contribution in [0.1, 0.15) is 35.2 Å². The van der Waals surface area contributed by atoms with Crippen molar-refractivity contribution in [3.05, 3.63) is 53.1 Å². The third kappa shape index (κ3) is 2.87. The second kappa shape index (κ2) is 5.61. The van der Waals surface area contributed by atoms with Crippen LogP contribution in [-0.2, 0) is 10.2 Å². The van der Waals surface area contributed by atoms with Crippen molar-refractivity contribution in [3.8, 4) is 0 Å². The lowest BCUT2D eigenvalue weighted by Gasteiger charge is -2.14. The van der Waals surface area contributed by atoms with Crippen LogP contribution >= 0.6 is 0 Å². The molecule has 0 bridgehead atoms. The highest BCUT2D eigenvalue weighted by Crippen LogP contribution is 2.27. The number of nitrogens with zero attached hydrogens (tertiary/aromatic N) is 3. The molecule has 1 atom stereocenters. The summed E-state index contributed by atoms with van der Waals surface area (Å²) in [5.41, 5.74) is 4.35. The molecule has 0 aliphatic rings. The molecule has 0 amide bonds. The maximum atomic E-state index is 12.1. The lowest BCUT2D eigenvalue weighted by molar-refractivity contribution is 0.510. The minimum absolute atomic E-state index is 0.0449. The number of aryl methyl sites for hydroxylation is 1. The molecule has 2 rings (SSSR count). The van der Waals surface area contributed by atoms with Crippen molar-refractivity contribution in [2.45, 2.75) is 26.7 Å². The molecule has 0 saturated heterocycles. The fourth-order valence-electron chi connectivity index (χ4n) is 2.26. The van der Waals surface area contributed by atoms with Crippen LogP contribution in [0.4, 0.5) is 0 Å². The normalized spacial score (nSPS) is 13.6. The molecule has 2 aromatic rings. The Bertz CT molecular complexity index is 748. The minimum atomic E-state index is -3.50. The Morgan fingerprint density at radius 3 is 2.52 bits per heavy atom. The molecule has 0 aliphatic carbocycles. The molecule has 0 N–H and O–H groups in total. The van der Waals surface area contributed by atoms with E-state index in [0.717, 1.165) is 9.67 Å². The van der Waals surface area contributed by atoms with Crippen molar-refractivity contribution in [1.82, 2.24) is 13.3 Å². The highest BCUT2D eigenvalue weighted by Gasteiger charge is 2.20. The number of rotatable bonds is 4. The van der Waals surface area contributed by atoms with Gasteiger partial charge < -0.3 is 0 Å². The summed E-state index contributed by atoms with van der Waals surface area (Å²) in [5, 5.41) is 0. The summed E-state index contributed by atoms with van der Waals surface area (Å²) in [5.74, 6) is 0.0449. The van der Waals surface area contributed by atoms with Gasteiger partial charge in [-0.2, -0.15) is 12.7 Å². The summed E-state index contributed by atoms with van der Waals surface area (Å²) in [4.78, 5) is 4.27. The molecule has 1 heterocycles. The average molecular weight is 307 g/mol. The van der Waals surface area contributed by atoms with E-state index >= 15 is 0 Å². The molecule has 21 heavy (non-hydrogen) atoms. The van der Waals surface area contributed by atoms with E-state index in [2.05, 4.69) is 31.0 Å². The zero-order valence-electron chi connectivity index (χ0n) is 13.0.